The fraction of sp³-hybridized carbons (Fsp3) is 0.292. The van der Waals surface area contributed by atoms with E-state index in [1.807, 2.05) is 48.5 Å². The van der Waals surface area contributed by atoms with E-state index in [4.69, 9.17) is 4.98 Å². The van der Waals surface area contributed by atoms with E-state index in [-0.39, 0.29) is 35.7 Å². The van der Waals surface area contributed by atoms with Crippen molar-refractivity contribution < 1.29 is 14.5 Å². The largest absolute Gasteiger partial charge is 0.324 e. The summed E-state index contributed by atoms with van der Waals surface area (Å²) in [5.74, 6) is -0.651. The molecule has 3 saturated heterocycles. The van der Waals surface area contributed by atoms with Crippen molar-refractivity contribution in [2.45, 2.75) is 24.9 Å². The quantitative estimate of drug-likeness (QED) is 0.689. The van der Waals surface area contributed by atoms with Crippen LogP contribution in [0.25, 0.3) is 10.9 Å². The van der Waals surface area contributed by atoms with Gasteiger partial charge >= 0.3 is 0 Å². The second-order valence-corrected chi connectivity index (χ2v) is 8.38. The maximum atomic E-state index is 13.5. The summed E-state index contributed by atoms with van der Waals surface area (Å²) in [6.45, 7) is 1.00. The van der Waals surface area contributed by atoms with Crippen LogP contribution in [0, 0.1) is 11.8 Å². The molecular formula is C24H22N3O2+. The van der Waals surface area contributed by atoms with E-state index in [1.54, 1.807) is 0 Å². The number of benzene rings is 2. The van der Waals surface area contributed by atoms with Crippen molar-refractivity contribution in [3.63, 3.8) is 0 Å². The van der Waals surface area contributed by atoms with Crippen LogP contribution in [0.3, 0.4) is 0 Å². The number of nitrogens with one attached hydrogen (secondary N) is 1. The van der Waals surface area contributed by atoms with E-state index in [0.717, 1.165) is 36.0 Å². The van der Waals surface area contributed by atoms with Crippen molar-refractivity contribution in [1.29, 1.82) is 0 Å². The molecule has 2 amide bonds. The molecule has 2 aromatic carbocycles. The number of amides is 2. The summed E-state index contributed by atoms with van der Waals surface area (Å²) in [6.07, 6.45) is 2.10. The lowest BCUT2D eigenvalue weighted by Gasteiger charge is -2.25. The summed E-state index contributed by atoms with van der Waals surface area (Å²) in [6, 6.07) is 21.7. The first-order chi connectivity index (χ1) is 14.2. The predicted molar refractivity (Wildman–Crippen MR) is 109 cm³/mol. The van der Waals surface area contributed by atoms with Crippen LogP contribution in [0.1, 0.15) is 24.6 Å². The van der Waals surface area contributed by atoms with Gasteiger partial charge in [0.25, 0.3) is 0 Å². The smallest absolute Gasteiger partial charge is 0.244 e. The zero-order chi connectivity index (χ0) is 19.5. The minimum absolute atomic E-state index is 0.0288. The van der Waals surface area contributed by atoms with Crippen LogP contribution in [0.15, 0.2) is 66.7 Å². The number of pyridine rings is 1. The molecule has 5 atom stereocenters. The van der Waals surface area contributed by atoms with Gasteiger partial charge in [-0.15, -0.1) is 0 Å². The van der Waals surface area contributed by atoms with Gasteiger partial charge in [-0.1, -0.05) is 42.5 Å². The number of fused-ring (bicyclic) bond motifs is 4. The van der Waals surface area contributed by atoms with Crippen molar-refractivity contribution >= 4 is 28.4 Å². The van der Waals surface area contributed by atoms with Gasteiger partial charge in [-0.25, -0.2) is 9.88 Å². The molecule has 0 saturated carbocycles. The molecular weight excluding hydrogens is 362 g/mol. The molecule has 144 valence electrons. The number of carbonyl (C=O) groups is 2. The molecule has 4 heterocycles. The molecule has 1 unspecified atom stereocenters. The Morgan fingerprint density at radius 2 is 1.62 bits per heavy atom. The summed E-state index contributed by atoms with van der Waals surface area (Å²) in [5.41, 5.74) is 2.57. The monoisotopic (exact) mass is 384 g/mol. The Hall–Kier alpha value is -3.05. The van der Waals surface area contributed by atoms with Crippen molar-refractivity contribution in [1.82, 2.24) is 4.98 Å². The van der Waals surface area contributed by atoms with Crippen molar-refractivity contribution in [3.05, 3.63) is 72.4 Å². The number of hydrogen-bond acceptors (Lipinski definition) is 3. The van der Waals surface area contributed by atoms with Gasteiger partial charge < -0.3 is 4.90 Å². The van der Waals surface area contributed by atoms with Crippen molar-refractivity contribution in [2.75, 3.05) is 11.4 Å². The molecule has 5 heteroatoms. The van der Waals surface area contributed by atoms with E-state index in [0.29, 0.717) is 5.69 Å². The summed E-state index contributed by atoms with van der Waals surface area (Å²) in [4.78, 5) is 34.7. The van der Waals surface area contributed by atoms with Gasteiger partial charge in [-0.2, -0.15) is 0 Å². The normalized spacial score (nSPS) is 30.8. The number of hydrogen-bond donors (Lipinski definition) is 1. The van der Waals surface area contributed by atoms with Gasteiger partial charge in [0.05, 0.1) is 23.4 Å². The highest BCUT2D eigenvalue weighted by Gasteiger charge is 2.67. The fourth-order valence-electron chi connectivity index (χ4n) is 5.87. The van der Waals surface area contributed by atoms with Crippen LogP contribution >= 0.6 is 0 Å². The third-order valence-corrected chi connectivity index (χ3v) is 7.00. The number of nitrogens with zero attached hydrogens (tertiary/aromatic N) is 2. The Kier molecular flexibility index (Phi) is 3.62. The fourth-order valence-corrected chi connectivity index (χ4v) is 5.87. The van der Waals surface area contributed by atoms with E-state index < -0.39 is 0 Å². The molecule has 6 rings (SSSR count). The van der Waals surface area contributed by atoms with Gasteiger partial charge in [-0.3, -0.25) is 9.59 Å². The number of quaternary nitrogens is 1. The molecule has 0 aliphatic carbocycles. The third-order valence-electron chi connectivity index (χ3n) is 7.00. The first-order valence-electron chi connectivity index (χ1n) is 10.4. The predicted octanol–water partition coefficient (Wildman–Crippen LogP) is 2.14. The molecule has 1 N–H and O–H groups in total. The molecule has 1 aromatic heterocycles. The average molecular weight is 384 g/mol. The molecule has 5 nitrogen and oxygen atoms in total. The van der Waals surface area contributed by atoms with Gasteiger partial charge in [0.15, 0.2) is 0 Å². The van der Waals surface area contributed by atoms with Crippen LogP contribution in [0.2, 0.25) is 0 Å². The summed E-state index contributed by atoms with van der Waals surface area (Å²) < 4.78 is 0. The molecule has 0 bridgehead atoms. The zero-order valence-electron chi connectivity index (χ0n) is 16.0. The minimum atomic E-state index is -0.323. The Morgan fingerprint density at radius 3 is 2.48 bits per heavy atom. The van der Waals surface area contributed by atoms with Gasteiger partial charge in [0, 0.05) is 18.2 Å². The lowest BCUT2D eigenvalue weighted by Crippen LogP contribution is -3.12. The van der Waals surface area contributed by atoms with Crippen LogP contribution in [0.5, 0.6) is 0 Å². The Bertz CT molecular complexity index is 1130. The molecule has 3 fully saturated rings. The third kappa shape index (κ3) is 2.34. The second-order valence-electron chi connectivity index (χ2n) is 8.38. The number of aromatic nitrogens is 1. The lowest BCUT2D eigenvalue weighted by atomic mass is 9.86. The van der Waals surface area contributed by atoms with E-state index >= 15 is 0 Å². The maximum Gasteiger partial charge on any atom is 0.244 e. The highest BCUT2D eigenvalue weighted by molar-refractivity contribution is 6.22. The maximum absolute atomic E-state index is 13.5. The molecule has 0 radical (unpaired) electrons. The van der Waals surface area contributed by atoms with Gasteiger partial charge in [0.1, 0.15) is 23.9 Å². The van der Waals surface area contributed by atoms with E-state index in [9.17, 15) is 9.59 Å². The number of anilines is 1. The van der Waals surface area contributed by atoms with Crippen LogP contribution in [0.4, 0.5) is 5.69 Å². The summed E-state index contributed by atoms with van der Waals surface area (Å²) in [7, 11) is 0. The molecule has 29 heavy (non-hydrogen) atoms. The standard InChI is InChI=1S/C24H21N3O2/c28-23-20-19-11-6-14-26(19)22(18-13-12-15-7-4-5-10-17(15)25-18)21(20)24(29)27(23)16-8-2-1-3-9-16/h1-5,7-10,12-13,19-22H,6,11,14H2/p+1/t19-,20-,21+,22+/m0/s1. The SMILES string of the molecule is O=C1[C@@H]2[C@@H](C(=O)N1c1ccccc1)[C@@H]1CCC[NH+]1[C@@H]2c1ccc2ccccc2n1. The van der Waals surface area contributed by atoms with Crippen molar-refractivity contribution in [3.8, 4) is 0 Å². The van der Waals surface area contributed by atoms with E-state index in [2.05, 4.69) is 18.2 Å². The molecule has 3 aliphatic heterocycles. The zero-order valence-corrected chi connectivity index (χ0v) is 16.0. The summed E-state index contributed by atoms with van der Waals surface area (Å²) >= 11 is 0. The van der Waals surface area contributed by atoms with Gasteiger partial charge in [0.2, 0.25) is 11.8 Å². The number of para-hydroxylation sites is 2. The lowest BCUT2D eigenvalue weighted by molar-refractivity contribution is -0.932. The molecule has 3 aromatic rings. The summed E-state index contributed by atoms with van der Waals surface area (Å²) in [5, 5.41) is 1.10. The first kappa shape index (κ1) is 16.9. The Labute approximate surface area is 168 Å². The van der Waals surface area contributed by atoms with Crippen LogP contribution in [-0.4, -0.2) is 29.4 Å². The number of rotatable bonds is 2. The first-order valence-corrected chi connectivity index (χ1v) is 10.4. The number of imide groups is 1. The Morgan fingerprint density at radius 1 is 0.862 bits per heavy atom. The topological polar surface area (TPSA) is 54.7 Å². The molecule has 3 aliphatic rings. The van der Waals surface area contributed by atoms with Crippen LogP contribution in [-0.2, 0) is 9.59 Å². The average Bonchev–Trinajstić information content (AvgIpc) is 3.40. The second kappa shape index (κ2) is 6.22. The highest BCUT2D eigenvalue weighted by Crippen LogP contribution is 2.44. The van der Waals surface area contributed by atoms with Gasteiger partial charge in [-0.05, 0) is 24.3 Å². The number of carbonyl (C=O) groups excluding carboxylic acids is 2. The Balaban J connectivity index is 1.46. The minimum Gasteiger partial charge on any atom is -0.324 e. The molecule has 0 spiro atoms. The van der Waals surface area contributed by atoms with Crippen molar-refractivity contribution in [2.24, 2.45) is 11.8 Å². The van der Waals surface area contributed by atoms with E-state index in [1.165, 1.54) is 9.80 Å². The van der Waals surface area contributed by atoms with Crippen LogP contribution < -0.4 is 9.80 Å². The highest BCUT2D eigenvalue weighted by atomic mass is 16.2.